The topological polar surface area (TPSA) is 63.2 Å². The highest BCUT2D eigenvalue weighted by Crippen LogP contribution is 2.23. The normalized spacial score (nSPS) is 10.7. The summed E-state index contributed by atoms with van der Waals surface area (Å²) in [4.78, 5) is 16.1. The number of ether oxygens (including phenoxy) is 1. The lowest BCUT2D eigenvalue weighted by Crippen LogP contribution is -2.28. The van der Waals surface area contributed by atoms with E-state index < -0.39 is 19.1 Å². The van der Waals surface area contributed by atoms with E-state index in [1.807, 2.05) is 12.3 Å². The van der Waals surface area contributed by atoms with Crippen LogP contribution in [0, 0.1) is 13.8 Å². The number of hydrogen-bond acceptors (Lipinski definition) is 4. The SMILES string of the molecule is Cc1csc(CNC(=O)Nc2ccc(C)c(OCC(F)F)c2)n1. The van der Waals surface area contributed by atoms with Crippen molar-refractivity contribution in [2.24, 2.45) is 0 Å². The second-order valence-corrected chi connectivity index (χ2v) is 5.82. The number of carbonyl (C=O) groups is 1. The first-order valence-corrected chi connectivity index (χ1v) is 7.79. The molecule has 5 nitrogen and oxygen atoms in total. The van der Waals surface area contributed by atoms with Crippen molar-refractivity contribution in [2.45, 2.75) is 26.8 Å². The Bertz CT molecular complexity index is 676. The van der Waals surface area contributed by atoms with Gasteiger partial charge in [0.15, 0.2) is 0 Å². The van der Waals surface area contributed by atoms with Gasteiger partial charge in [0, 0.05) is 22.8 Å². The molecule has 0 aliphatic heterocycles. The van der Waals surface area contributed by atoms with E-state index in [1.165, 1.54) is 17.4 Å². The van der Waals surface area contributed by atoms with Crippen LogP contribution in [0.3, 0.4) is 0 Å². The lowest BCUT2D eigenvalue weighted by atomic mass is 10.2. The number of halogens is 2. The molecule has 0 unspecified atom stereocenters. The summed E-state index contributed by atoms with van der Waals surface area (Å²) in [6, 6.07) is 4.49. The maximum atomic E-state index is 12.2. The molecule has 0 fully saturated rings. The van der Waals surface area contributed by atoms with Crippen LogP contribution in [0.1, 0.15) is 16.3 Å². The standard InChI is InChI=1S/C15H17F2N3O2S/c1-9-3-4-11(5-12(9)22-7-13(16)17)20-15(21)18-6-14-19-10(2)8-23-14/h3-5,8,13H,6-7H2,1-2H3,(H2,18,20,21). The number of urea groups is 1. The maximum Gasteiger partial charge on any atom is 0.319 e. The zero-order chi connectivity index (χ0) is 16.8. The van der Waals surface area contributed by atoms with Crippen LogP contribution >= 0.6 is 11.3 Å². The molecule has 0 spiro atoms. The first kappa shape index (κ1) is 17.1. The van der Waals surface area contributed by atoms with Crippen LogP contribution in [0.4, 0.5) is 19.3 Å². The molecule has 124 valence electrons. The minimum absolute atomic E-state index is 0.318. The van der Waals surface area contributed by atoms with Crippen LogP contribution in [-0.2, 0) is 6.54 Å². The van der Waals surface area contributed by atoms with E-state index in [9.17, 15) is 13.6 Å². The predicted molar refractivity (Wildman–Crippen MR) is 85.4 cm³/mol. The number of nitrogens with one attached hydrogen (secondary N) is 2. The zero-order valence-electron chi connectivity index (χ0n) is 12.7. The van der Waals surface area contributed by atoms with Crippen LogP contribution in [0.5, 0.6) is 5.75 Å². The molecule has 0 aliphatic carbocycles. The summed E-state index contributed by atoms with van der Waals surface area (Å²) in [6.45, 7) is 3.27. The average molecular weight is 341 g/mol. The van der Waals surface area contributed by atoms with Gasteiger partial charge in [-0.1, -0.05) is 6.07 Å². The van der Waals surface area contributed by atoms with Crippen LogP contribution in [-0.4, -0.2) is 24.0 Å². The molecule has 0 saturated heterocycles. The van der Waals surface area contributed by atoms with E-state index in [4.69, 9.17) is 4.74 Å². The summed E-state index contributed by atoms with van der Waals surface area (Å²) < 4.78 is 29.5. The van der Waals surface area contributed by atoms with Gasteiger partial charge in [-0.25, -0.2) is 18.6 Å². The fraction of sp³-hybridized carbons (Fsp3) is 0.333. The Balaban J connectivity index is 1.91. The monoisotopic (exact) mass is 341 g/mol. The Morgan fingerprint density at radius 3 is 2.83 bits per heavy atom. The van der Waals surface area contributed by atoms with Gasteiger partial charge in [0.1, 0.15) is 17.4 Å². The number of rotatable bonds is 6. The van der Waals surface area contributed by atoms with Gasteiger partial charge in [-0.3, -0.25) is 0 Å². The molecule has 23 heavy (non-hydrogen) atoms. The molecular weight excluding hydrogens is 324 g/mol. The van der Waals surface area contributed by atoms with Gasteiger partial charge in [0.25, 0.3) is 6.43 Å². The summed E-state index contributed by atoms with van der Waals surface area (Å²) in [5.74, 6) is 0.318. The van der Waals surface area contributed by atoms with E-state index in [-0.39, 0.29) is 0 Å². The van der Waals surface area contributed by atoms with Crippen molar-refractivity contribution in [1.29, 1.82) is 0 Å². The van der Waals surface area contributed by atoms with Crippen LogP contribution < -0.4 is 15.4 Å². The Hall–Kier alpha value is -2.22. The van der Waals surface area contributed by atoms with Crippen molar-refractivity contribution in [3.63, 3.8) is 0 Å². The first-order chi connectivity index (χ1) is 10.9. The van der Waals surface area contributed by atoms with Gasteiger partial charge in [-0.15, -0.1) is 11.3 Å². The van der Waals surface area contributed by atoms with Gasteiger partial charge in [-0.2, -0.15) is 0 Å². The fourth-order valence-corrected chi connectivity index (χ4v) is 2.51. The number of aryl methyl sites for hydroxylation is 2. The molecule has 1 aromatic heterocycles. The highest BCUT2D eigenvalue weighted by molar-refractivity contribution is 7.09. The van der Waals surface area contributed by atoms with Crippen LogP contribution in [0.25, 0.3) is 0 Å². The molecule has 2 aromatic rings. The summed E-state index contributed by atoms with van der Waals surface area (Å²) in [5.41, 5.74) is 2.09. The van der Waals surface area contributed by atoms with Gasteiger partial charge >= 0.3 is 6.03 Å². The Labute approximate surface area is 136 Å². The Morgan fingerprint density at radius 2 is 2.17 bits per heavy atom. The van der Waals surface area contributed by atoms with Crippen molar-refractivity contribution >= 4 is 23.1 Å². The highest BCUT2D eigenvalue weighted by Gasteiger charge is 2.09. The van der Waals surface area contributed by atoms with E-state index in [1.54, 1.807) is 19.1 Å². The van der Waals surface area contributed by atoms with Gasteiger partial charge in [0.2, 0.25) is 0 Å². The zero-order valence-corrected chi connectivity index (χ0v) is 13.5. The van der Waals surface area contributed by atoms with Crippen LogP contribution in [0.2, 0.25) is 0 Å². The molecule has 2 N–H and O–H groups in total. The molecule has 1 aromatic carbocycles. The summed E-state index contributed by atoms with van der Waals surface area (Å²) in [7, 11) is 0. The maximum absolute atomic E-state index is 12.2. The third kappa shape index (κ3) is 5.48. The molecule has 8 heteroatoms. The number of aromatic nitrogens is 1. The highest BCUT2D eigenvalue weighted by atomic mass is 32.1. The third-order valence-corrected chi connectivity index (χ3v) is 3.84. The molecule has 1 heterocycles. The number of amides is 2. The predicted octanol–water partition coefficient (Wildman–Crippen LogP) is 3.73. The van der Waals surface area contributed by atoms with E-state index in [0.717, 1.165) is 16.3 Å². The number of hydrogen-bond donors (Lipinski definition) is 2. The van der Waals surface area contributed by atoms with E-state index in [0.29, 0.717) is 18.0 Å². The second kappa shape index (κ2) is 7.87. The molecule has 0 saturated carbocycles. The number of benzene rings is 1. The van der Waals surface area contributed by atoms with Gasteiger partial charge in [0.05, 0.1) is 6.54 Å². The number of nitrogens with zero attached hydrogens (tertiary/aromatic N) is 1. The molecule has 0 bridgehead atoms. The quantitative estimate of drug-likeness (QED) is 0.841. The van der Waals surface area contributed by atoms with Crippen molar-refractivity contribution in [2.75, 3.05) is 11.9 Å². The van der Waals surface area contributed by atoms with Crippen molar-refractivity contribution in [3.8, 4) is 5.75 Å². The minimum atomic E-state index is -2.55. The first-order valence-electron chi connectivity index (χ1n) is 6.91. The summed E-state index contributed by atoms with van der Waals surface area (Å²) in [5, 5.41) is 8.03. The molecule has 0 aliphatic rings. The smallest absolute Gasteiger partial charge is 0.319 e. The van der Waals surface area contributed by atoms with Crippen LogP contribution in [0.15, 0.2) is 23.6 Å². The largest absolute Gasteiger partial charge is 0.487 e. The molecule has 2 rings (SSSR count). The molecular formula is C15H17F2N3O2S. The lowest BCUT2D eigenvalue weighted by molar-refractivity contribution is 0.0816. The summed E-state index contributed by atoms with van der Waals surface area (Å²) >= 11 is 1.47. The second-order valence-electron chi connectivity index (χ2n) is 4.87. The van der Waals surface area contributed by atoms with Crippen molar-refractivity contribution < 1.29 is 18.3 Å². The number of carbonyl (C=O) groups excluding carboxylic acids is 1. The van der Waals surface area contributed by atoms with Crippen molar-refractivity contribution in [1.82, 2.24) is 10.3 Å². The molecule has 2 amide bonds. The lowest BCUT2D eigenvalue weighted by Gasteiger charge is -2.12. The number of alkyl halides is 2. The van der Waals surface area contributed by atoms with E-state index >= 15 is 0 Å². The number of thiazole rings is 1. The summed E-state index contributed by atoms with van der Waals surface area (Å²) in [6.07, 6.45) is -2.55. The fourth-order valence-electron chi connectivity index (χ4n) is 1.80. The Morgan fingerprint density at radius 1 is 1.39 bits per heavy atom. The average Bonchev–Trinajstić information content (AvgIpc) is 2.91. The van der Waals surface area contributed by atoms with Crippen molar-refractivity contribution in [3.05, 3.63) is 39.8 Å². The van der Waals surface area contributed by atoms with Gasteiger partial charge < -0.3 is 15.4 Å². The minimum Gasteiger partial charge on any atom is -0.487 e. The van der Waals surface area contributed by atoms with E-state index in [2.05, 4.69) is 15.6 Å². The Kier molecular flexibility index (Phi) is 5.86. The molecule has 0 atom stereocenters. The molecule has 0 radical (unpaired) electrons. The third-order valence-electron chi connectivity index (χ3n) is 2.88. The van der Waals surface area contributed by atoms with Gasteiger partial charge in [-0.05, 0) is 25.5 Å². The number of anilines is 1.